The van der Waals surface area contributed by atoms with Gasteiger partial charge in [0.1, 0.15) is 0 Å². The highest BCUT2D eigenvalue weighted by Gasteiger charge is 2.23. The van der Waals surface area contributed by atoms with Gasteiger partial charge in [-0.1, -0.05) is 26.2 Å². The van der Waals surface area contributed by atoms with Gasteiger partial charge >= 0.3 is 0 Å². The van der Waals surface area contributed by atoms with Gasteiger partial charge in [0, 0.05) is 19.5 Å². The third kappa shape index (κ3) is 4.40. The Morgan fingerprint density at radius 3 is 2.29 bits per heavy atom. The predicted octanol–water partition coefficient (Wildman–Crippen LogP) is 0.994. The van der Waals surface area contributed by atoms with E-state index < -0.39 is 0 Å². The lowest BCUT2D eigenvalue weighted by molar-refractivity contribution is -0.00838. The standard InChI is InChI=1S/C11H23NO2/c1-2-3-4-5-6-12-8-10(13)7-11(14)9-12/h10-11,13-14H,2-9H2,1H3/t10-,11-/m1/s1. The number of aliphatic hydroxyl groups excluding tert-OH is 2. The molecule has 1 aliphatic rings. The third-order valence-corrected chi connectivity index (χ3v) is 2.81. The van der Waals surface area contributed by atoms with Gasteiger partial charge in [0.15, 0.2) is 0 Å². The molecular weight excluding hydrogens is 178 g/mol. The first-order valence-corrected chi connectivity index (χ1v) is 5.81. The molecule has 2 N–H and O–H groups in total. The fourth-order valence-electron chi connectivity index (χ4n) is 2.08. The summed E-state index contributed by atoms with van der Waals surface area (Å²) in [5, 5.41) is 18.9. The number of hydrogen-bond donors (Lipinski definition) is 2. The molecule has 0 aromatic heterocycles. The van der Waals surface area contributed by atoms with Crippen molar-refractivity contribution in [1.29, 1.82) is 0 Å². The highest BCUT2D eigenvalue weighted by atomic mass is 16.3. The zero-order valence-electron chi connectivity index (χ0n) is 9.15. The van der Waals surface area contributed by atoms with Crippen molar-refractivity contribution in [2.75, 3.05) is 19.6 Å². The SMILES string of the molecule is CCCCCCN1C[C@H](O)C[C@@H](O)C1. The minimum atomic E-state index is -0.329. The molecule has 1 rings (SSSR count). The predicted molar refractivity (Wildman–Crippen MR) is 57.2 cm³/mol. The van der Waals surface area contributed by atoms with Crippen molar-refractivity contribution >= 4 is 0 Å². The molecule has 3 nitrogen and oxygen atoms in total. The molecule has 0 unspecified atom stereocenters. The molecule has 0 saturated carbocycles. The van der Waals surface area contributed by atoms with Crippen LogP contribution in [0.15, 0.2) is 0 Å². The van der Waals surface area contributed by atoms with Gasteiger partial charge in [0.05, 0.1) is 12.2 Å². The Morgan fingerprint density at radius 2 is 1.71 bits per heavy atom. The molecule has 0 bridgehead atoms. The van der Waals surface area contributed by atoms with E-state index in [-0.39, 0.29) is 12.2 Å². The number of aliphatic hydroxyl groups is 2. The summed E-state index contributed by atoms with van der Waals surface area (Å²) in [5.74, 6) is 0. The van der Waals surface area contributed by atoms with Crippen molar-refractivity contribution in [3.63, 3.8) is 0 Å². The van der Waals surface area contributed by atoms with E-state index in [1.807, 2.05) is 0 Å². The first-order valence-electron chi connectivity index (χ1n) is 5.81. The van der Waals surface area contributed by atoms with Gasteiger partial charge in [0.2, 0.25) is 0 Å². The largest absolute Gasteiger partial charge is 0.392 e. The maximum Gasteiger partial charge on any atom is 0.0692 e. The molecule has 3 heteroatoms. The van der Waals surface area contributed by atoms with E-state index in [2.05, 4.69) is 11.8 Å². The number of unbranched alkanes of at least 4 members (excludes halogenated alkanes) is 3. The molecule has 0 amide bonds. The minimum absolute atomic E-state index is 0.329. The van der Waals surface area contributed by atoms with Gasteiger partial charge in [-0.05, 0) is 13.0 Å². The Hall–Kier alpha value is -0.120. The van der Waals surface area contributed by atoms with Crippen molar-refractivity contribution in [2.45, 2.75) is 51.2 Å². The summed E-state index contributed by atoms with van der Waals surface area (Å²) in [5.41, 5.74) is 0. The average Bonchev–Trinajstić information content (AvgIpc) is 2.11. The van der Waals surface area contributed by atoms with Gasteiger partial charge in [-0.25, -0.2) is 0 Å². The molecule has 0 radical (unpaired) electrons. The van der Waals surface area contributed by atoms with E-state index >= 15 is 0 Å². The highest BCUT2D eigenvalue weighted by Crippen LogP contribution is 2.11. The molecular formula is C11H23NO2. The fraction of sp³-hybridized carbons (Fsp3) is 1.00. The van der Waals surface area contributed by atoms with Crippen LogP contribution in [0.3, 0.4) is 0 Å². The van der Waals surface area contributed by atoms with Crippen LogP contribution in [0.1, 0.15) is 39.0 Å². The lowest BCUT2D eigenvalue weighted by Gasteiger charge is -2.33. The first-order chi connectivity index (χ1) is 6.72. The Balaban J connectivity index is 2.10. The van der Waals surface area contributed by atoms with Crippen molar-refractivity contribution in [2.24, 2.45) is 0 Å². The van der Waals surface area contributed by atoms with Crippen LogP contribution in [-0.2, 0) is 0 Å². The molecule has 1 aliphatic heterocycles. The molecule has 0 aliphatic carbocycles. The minimum Gasteiger partial charge on any atom is -0.392 e. The first kappa shape index (κ1) is 12.0. The van der Waals surface area contributed by atoms with Gasteiger partial charge < -0.3 is 10.2 Å². The Bertz CT molecular complexity index is 142. The van der Waals surface area contributed by atoms with E-state index in [0.29, 0.717) is 6.42 Å². The second-order valence-corrected chi connectivity index (χ2v) is 4.36. The van der Waals surface area contributed by atoms with Crippen LogP contribution in [0.2, 0.25) is 0 Å². The lowest BCUT2D eigenvalue weighted by atomic mass is 10.1. The second kappa shape index (κ2) is 6.38. The van der Waals surface area contributed by atoms with Crippen LogP contribution in [-0.4, -0.2) is 47.0 Å². The summed E-state index contributed by atoms with van der Waals surface area (Å²) in [6.45, 7) is 4.70. The van der Waals surface area contributed by atoms with E-state index in [4.69, 9.17) is 0 Å². The van der Waals surface area contributed by atoms with E-state index in [1.54, 1.807) is 0 Å². The van der Waals surface area contributed by atoms with Crippen LogP contribution in [0.5, 0.6) is 0 Å². The van der Waals surface area contributed by atoms with E-state index in [0.717, 1.165) is 19.6 Å². The monoisotopic (exact) mass is 201 g/mol. The van der Waals surface area contributed by atoms with Crippen molar-refractivity contribution in [3.05, 3.63) is 0 Å². The topological polar surface area (TPSA) is 43.7 Å². The number of likely N-dealkylation sites (tertiary alicyclic amines) is 1. The van der Waals surface area contributed by atoms with E-state index in [1.165, 1.54) is 25.7 Å². The smallest absolute Gasteiger partial charge is 0.0692 e. The quantitative estimate of drug-likeness (QED) is 0.652. The summed E-state index contributed by atoms with van der Waals surface area (Å²) < 4.78 is 0. The third-order valence-electron chi connectivity index (χ3n) is 2.81. The maximum absolute atomic E-state index is 9.45. The summed E-state index contributed by atoms with van der Waals surface area (Å²) in [6.07, 6.45) is 4.89. The molecule has 14 heavy (non-hydrogen) atoms. The van der Waals surface area contributed by atoms with E-state index in [9.17, 15) is 10.2 Å². The summed E-state index contributed by atoms with van der Waals surface area (Å²) in [6, 6.07) is 0. The Kier molecular flexibility index (Phi) is 5.45. The number of β-amino-alcohol motifs (C(OH)–C–C–N with tert-alkyl or cyclic N) is 2. The van der Waals surface area contributed by atoms with Gasteiger partial charge in [-0.15, -0.1) is 0 Å². The Morgan fingerprint density at radius 1 is 1.07 bits per heavy atom. The van der Waals surface area contributed by atoms with Gasteiger partial charge in [-0.2, -0.15) is 0 Å². The normalized spacial score (nSPS) is 29.4. The van der Waals surface area contributed by atoms with Gasteiger partial charge in [0.25, 0.3) is 0 Å². The van der Waals surface area contributed by atoms with Crippen LogP contribution in [0.25, 0.3) is 0 Å². The molecule has 0 aromatic carbocycles. The summed E-state index contributed by atoms with van der Waals surface area (Å²) in [7, 11) is 0. The fourth-order valence-corrected chi connectivity index (χ4v) is 2.08. The maximum atomic E-state index is 9.45. The highest BCUT2D eigenvalue weighted by molar-refractivity contribution is 4.77. The summed E-state index contributed by atoms with van der Waals surface area (Å²) >= 11 is 0. The van der Waals surface area contributed by atoms with Crippen molar-refractivity contribution in [3.8, 4) is 0 Å². The molecule has 0 aromatic rings. The van der Waals surface area contributed by atoms with Gasteiger partial charge in [-0.3, -0.25) is 4.90 Å². The van der Waals surface area contributed by atoms with Crippen LogP contribution in [0.4, 0.5) is 0 Å². The number of piperidine rings is 1. The molecule has 84 valence electrons. The van der Waals surface area contributed by atoms with Crippen LogP contribution < -0.4 is 0 Å². The number of hydrogen-bond acceptors (Lipinski definition) is 3. The Labute approximate surface area is 86.7 Å². The molecule has 0 spiro atoms. The molecule has 1 fully saturated rings. The van der Waals surface area contributed by atoms with Crippen molar-refractivity contribution in [1.82, 2.24) is 4.90 Å². The van der Waals surface area contributed by atoms with Crippen molar-refractivity contribution < 1.29 is 10.2 Å². The zero-order valence-corrected chi connectivity index (χ0v) is 9.15. The zero-order chi connectivity index (χ0) is 10.4. The molecule has 1 heterocycles. The average molecular weight is 201 g/mol. The number of rotatable bonds is 5. The molecule has 1 saturated heterocycles. The summed E-state index contributed by atoms with van der Waals surface area (Å²) in [4.78, 5) is 2.18. The molecule has 2 atom stereocenters. The van der Waals surface area contributed by atoms with Crippen LogP contribution in [0, 0.1) is 0 Å². The number of nitrogens with zero attached hydrogens (tertiary/aromatic N) is 1. The lowest BCUT2D eigenvalue weighted by Crippen LogP contribution is -2.45. The second-order valence-electron chi connectivity index (χ2n) is 4.36. The van der Waals surface area contributed by atoms with Crippen LogP contribution >= 0.6 is 0 Å².